The van der Waals surface area contributed by atoms with E-state index in [0.717, 1.165) is 30.6 Å². The number of H-pyrrole nitrogens is 1. The first kappa shape index (κ1) is 9.92. The lowest BCUT2D eigenvalue weighted by Crippen LogP contribution is -2.17. The van der Waals surface area contributed by atoms with E-state index in [9.17, 15) is 0 Å². The number of rotatable bonds is 1. The lowest BCUT2D eigenvalue weighted by molar-refractivity contribution is -0.0298. The fraction of sp³-hybridized carbons (Fsp3) is 0.500. The third kappa shape index (κ3) is 1.54. The van der Waals surface area contributed by atoms with Crippen LogP contribution in [0.5, 0.6) is 0 Å². The molecule has 3 heterocycles. The van der Waals surface area contributed by atoms with Crippen molar-refractivity contribution in [3.63, 3.8) is 0 Å². The number of aromatic amines is 1. The Morgan fingerprint density at radius 2 is 2.38 bits per heavy atom. The number of nitrogens with zero attached hydrogens (tertiary/aromatic N) is 3. The summed E-state index contributed by atoms with van der Waals surface area (Å²) in [7, 11) is 0. The number of fused-ring (bicyclic) bond motifs is 1. The van der Waals surface area contributed by atoms with E-state index in [1.54, 1.807) is 12.7 Å². The molecule has 1 unspecified atom stereocenters. The summed E-state index contributed by atoms with van der Waals surface area (Å²) in [5, 5.41) is 0. The molecule has 1 N–H and O–H groups in total. The minimum Gasteiger partial charge on any atom is -0.358 e. The summed E-state index contributed by atoms with van der Waals surface area (Å²) in [6.45, 7) is 0.816. The molecule has 0 aromatic carbocycles. The Morgan fingerprint density at radius 1 is 1.44 bits per heavy atom. The molecule has 3 rings (SSSR count). The van der Waals surface area contributed by atoms with E-state index in [4.69, 9.17) is 17.0 Å². The topological polar surface area (TPSA) is 55.7 Å². The number of imidazole rings is 1. The van der Waals surface area contributed by atoms with Crippen LogP contribution in [0.25, 0.3) is 11.2 Å². The van der Waals surface area contributed by atoms with E-state index >= 15 is 0 Å². The normalized spacial score (nSPS) is 21.4. The molecule has 0 amide bonds. The standard InChI is InChI=1S/C10H12N4OS/c16-10-8-9(11-5-12-10)14(6-13-8)7-3-1-2-4-15-7/h5-7H,1-4H2,(H,11,12,16). The molecule has 1 atom stereocenters. The first-order valence-electron chi connectivity index (χ1n) is 5.38. The highest BCUT2D eigenvalue weighted by Gasteiger charge is 2.18. The van der Waals surface area contributed by atoms with Crippen molar-refractivity contribution >= 4 is 23.4 Å². The number of ether oxygens (including phenoxy) is 1. The van der Waals surface area contributed by atoms with Crippen molar-refractivity contribution in [3.05, 3.63) is 17.3 Å². The predicted molar refractivity (Wildman–Crippen MR) is 61.6 cm³/mol. The molecular formula is C10H12N4OS. The average molecular weight is 236 g/mol. The van der Waals surface area contributed by atoms with Gasteiger partial charge in [-0.3, -0.25) is 4.57 Å². The summed E-state index contributed by atoms with van der Waals surface area (Å²) in [6, 6.07) is 0. The van der Waals surface area contributed by atoms with Crippen LogP contribution in [-0.2, 0) is 4.74 Å². The second-order valence-electron chi connectivity index (χ2n) is 3.88. The zero-order valence-electron chi connectivity index (χ0n) is 8.72. The van der Waals surface area contributed by atoms with Gasteiger partial charge in [0, 0.05) is 6.61 Å². The van der Waals surface area contributed by atoms with Crippen LogP contribution in [0.15, 0.2) is 12.7 Å². The Labute approximate surface area is 97.5 Å². The van der Waals surface area contributed by atoms with Gasteiger partial charge in [0.2, 0.25) is 0 Å². The Balaban J connectivity index is 2.10. The molecule has 1 fully saturated rings. The molecule has 2 aromatic heterocycles. The van der Waals surface area contributed by atoms with E-state index in [-0.39, 0.29) is 6.23 Å². The van der Waals surface area contributed by atoms with E-state index < -0.39 is 0 Å². The van der Waals surface area contributed by atoms with Gasteiger partial charge in [-0.15, -0.1) is 0 Å². The number of aromatic nitrogens is 4. The molecule has 84 valence electrons. The second-order valence-corrected chi connectivity index (χ2v) is 4.26. The molecule has 0 bridgehead atoms. The first-order valence-corrected chi connectivity index (χ1v) is 5.79. The summed E-state index contributed by atoms with van der Waals surface area (Å²) in [5.74, 6) is 0. The van der Waals surface area contributed by atoms with Gasteiger partial charge in [0.05, 0.1) is 12.7 Å². The van der Waals surface area contributed by atoms with Crippen molar-refractivity contribution in [2.75, 3.05) is 6.61 Å². The summed E-state index contributed by atoms with van der Waals surface area (Å²) in [6.07, 6.45) is 6.80. The fourth-order valence-electron chi connectivity index (χ4n) is 2.04. The maximum atomic E-state index is 5.72. The van der Waals surface area contributed by atoms with Gasteiger partial charge in [-0.1, -0.05) is 12.2 Å². The molecule has 1 aliphatic heterocycles. The Bertz CT molecular complexity index is 555. The highest BCUT2D eigenvalue weighted by Crippen LogP contribution is 2.25. The summed E-state index contributed by atoms with van der Waals surface area (Å²) in [5.41, 5.74) is 1.64. The monoisotopic (exact) mass is 236 g/mol. The Kier molecular flexibility index (Phi) is 2.45. The maximum absolute atomic E-state index is 5.72. The highest BCUT2D eigenvalue weighted by atomic mass is 32.1. The first-order chi connectivity index (χ1) is 7.86. The fourth-order valence-corrected chi connectivity index (χ4v) is 2.24. The van der Waals surface area contributed by atoms with E-state index in [1.807, 2.05) is 4.57 Å². The summed E-state index contributed by atoms with van der Waals surface area (Å²) < 4.78 is 8.26. The molecule has 16 heavy (non-hydrogen) atoms. The third-order valence-electron chi connectivity index (χ3n) is 2.85. The smallest absolute Gasteiger partial charge is 0.157 e. The molecular weight excluding hydrogens is 224 g/mol. The van der Waals surface area contributed by atoms with Crippen LogP contribution in [0.4, 0.5) is 0 Å². The maximum Gasteiger partial charge on any atom is 0.157 e. The zero-order valence-corrected chi connectivity index (χ0v) is 9.54. The number of hydrogen-bond donors (Lipinski definition) is 1. The van der Waals surface area contributed by atoms with Crippen molar-refractivity contribution in [1.82, 2.24) is 19.5 Å². The van der Waals surface area contributed by atoms with Crippen molar-refractivity contribution < 1.29 is 4.74 Å². The molecule has 1 saturated heterocycles. The Hall–Kier alpha value is -1.27. The zero-order chi connectivity index (χ0) is 11.0. The van der Waals surface area contributed by atoms with Crippen LogP contribution in [0.3, 0.4) is 0 Å². The van der Waals surface area contributed by atoms with Gasteiger partial charge in [-0.2, -0.15) is 0 Å². The van der Waals surface area contributed by atoms with Crippen molar-refractivity contribution in [2.24, 2.45) is 0 Å². The van der Waals surface area contributed by atoms with Gasteiger partial charge in [-0.25, -0.2) is 9.97 Å². The van der Waals surface area contributed by atoms with Gasteiger partial charge in [-0.05, 0) is 19.3 Å². The lowest BCUT2D eigenvalue weighted by atomic mass is 10.2. The van der Waals surface area contributed by atoms with Gasteiger partial charge in [0.25, 0.3) is 0 Å². The molecule has 1 aliphatic rings. The number of hydrogen-bond acceptors (Lipinski definition) is 4. The molecule has 0 radical (unpaired) electrons. The molecule has 5 nitrogen and oxygen atoms in total. The van der Waals surface area contributed by atoms with Gasteiger partial charge < -0.3 is 9.72 Å². The quantitative estimate of drug-likeness (QED) is 0.771. The highest BCUT2D eigenvalue weighted by molar-refractivity contribution is 7.71. The minimum absolute atomic E-state index is 0.0757. The molecule has 0 aliphatic carbocycles. The number of nitrogens with one attached hydrogen (secondary N) is 1. The van der Waals surface area contributed by atoms with Gasteiger partial charge in [0.15, 0.2) is 4.64 Å². The van der Waals surface area contributed by atoms with Crippen LogP contribution in [-0.4, -0.2) is 26.1 Å². The van der Waals surface area contributed by atoms with Crippen molar-refractivity contribution in [1.29, 1.82) is 0 Å². The second kappa shape index (κ2) is 3.95. The molecule has 0 saturated carbocycles. The predicted octanol–water partition coefficient (Wildman–Crippen LogP) is 2.19. The molecule has 2 aromatic rings. The molecule has 0 spiro atoms. The van der Waals surface area contributed by atoms with Crippen LogP contribution < -0.4 is 0 Å². The van der Waals surface area contributed by atoms with Crippen LogP contribution in [0, 0.1) is 4.64 Å². The van der Waals surface area contributed by atoms with E-state index in [2.05, 4.69) is 15.0 Å². The van der Waals surface area contributed by atoms with Crippen molar-refractivity contribution in [3.8, 4) is 0 Å². The Morgan fingerprint density at radius 3 is 3.19 bits per heavy atom. The summed E-state index contributed by atoms with van der Waals surface area (Å²) >= 11 is 5.12. The van der Waals surface area contributed by atoms with Crippen LogP contribution >= 0.6 is 12.2 Å². The lowest BCUT2D eigenvalue weighted by Gasteiger charge is -2.23. The SMILES string of the molecule is S=c1nc[nH]c2c1ncn2C1CCCCO1. The van der Waals surface area contributed by atoms with Crippen molar-refractivity contribution in [2.45, 2.75) is 25.5 Å². The van der Waals surface area contributed by atoms with E-state index in [0.29, 0.717) is 4.64 Å². The van der Waals surface area contributed by atoms with Crippen LogP contribution in [0.2, 0.25) is 0 Å². The molecule has 6 heteroatoms. The van der Waals surface area contributed by atoms with Gasteiger partial charge in [0.1, 0.15) is 17.4 Å². The van der Waals surface area contributed by atoms with Crippen LogP contribution in [0.1, 0.15) is 25.5 Å². The minimum atomic E-state index is 0.0757. The average Bonchev–Trinajstić information content (AvgIpc) is 2.75. The van der Waals surface area contributed by atoms with Gasteiger partial charge >= 0.3 is 0 Å². The van der Waals surface area contributed by atoms with E-state index in [1.165, 1.54) is 6.42 Å². The largest absolute Gasteiger partial charge is 0.358 e. The summed E-state index contributed by atoms with van der Waals surface area (Å²) in [4.78, 5) is 11.4. The third-order valence-corrected chi connectivity index (χ3v) is 3.14.